The maximum absolute atomic E-state index is 12.9. The molecule has 1 saturated heterocycles. The van der Waals surface area contributed by atoms with Crippen LogP contribution in [0.2, 0.25) is 0 Å². The van der Waals surface area contributed by atoms with E-state index >= 15 is 0 Å². The Hall–Kier alpha value is -2.85. The summed E-state index contributed by atoms with van der Waals surface area (Å²) in [7, 11) is -2.34. The van der Waals surface area contributed by atoms with Gasteiger partial charge in [-0.15, -0.1) is 0 Å². The zero-order valence-electron chi connectivity index (χ0n) is 17.4. The van der Waals surface area contributed by atoms with Crippen LogP contribution in [-0.2, 0) is 21.0 Å². The lowest BCUT2D eigenvalue weighted by molar-refractivity contribution is -0.137. The van der Waals surface area contributed by atoms with Crippen molar-refractivity contribution in [2.24, 2.45) is 0 Å². The molecule has 0 aliphatic carbocycles. The SMILES string of the molecule is COc1ccc(S(=O)(=O)N2CCCCC2)cc1NC(=O)/C=C/c1cccc(C(F)(F)F)c1. The summed E-state index contributed by atoms with van der Waals surface area (Å²) >= 11 is 0. The lowest BCUT2D eigenvalue weighted by Gasteiger charge is -2.26. The number of hydrogen-bond donors (Lipinski definition) is 1. The molecule has 0 spiro atoms. The number of methoxy groups -OCH3 is 1. The van der Waals surface area contributed by atoms with E-state index in [2.05, 4.69) is 5.32 Å². The van der Waals surface area contributed by atoms with Gasteiger partial charge < -0.3 is 10.1 Å². The summed E-state index contributed by atoms with van der Waals surface area (Å²) < 4.78 is 71.0. The third-order valence-corrected chi connectivity index (χ3v) is 6.92. The van der Waals surface area contributed by atoms with Crippen molar-refractivity contribution in [2.75, 3.05) is 25.5 Å². The fourth-order valence-corrected chi connectivity index (χ4v) is 4.91. The quantitative estimate of drug-likeness (QED) is 0.632. The summed E-state index contributed by atoms with van der Waals surface area (Å²) in [6.07, 6.45) is 0.388. The molecular formula is C22H23F3N2O4S. The molecule has 0 unspecified atom stereocenters. The van der Waals surface area contributed by atoms with Crippen LogP contribution in [0.25, 0.3) is 6.08 Å². The number of carbonyl (C=O) groups is 1. The Morgan fingerprint density at radius 2 is 1.81 bits per heavy atom. The molecule has 1 N–H and O–H groups in total. The highest BCUT2D eigenvalue weighted by Crippen LogP contribution is 2.31. The number of anilines is 1. The van der Waals surface area contributed by atoms with Gasteiger partial charge in [-0.25, -0.2) is 8.42 Å². The maximum atomic E-state index is 12.9. The van der Waals surface area contributed by atoms with Crippen molar-refractivity contribution >= 4 is 27.7 Å². The number of rotatable bonds is 6. The van der Waals surface area contributed by atoms with Crippen molar-refractivity contribution in [3.63, 3.8) is 0 Å². The molecule has 6 nitrogen and oxygen atoms in total. The molecule has 1 heterocycles. The second-order valence-electron chi connectivity index (χ2n) is 7.27. The van der Waals surface area contributed by atoms with E-state index in [9.17, 15) is 26.4 Å². The number of amides is 1. The van der Waals surface area contributed by atoms with Crippen molar-refractivity contribution in [1.29, 1.82) is 0 Å². The van der Waals surface area contributed by atoms with E-state index in [0.29, 0.717) is 13.1 Å². The van der Waals surface area contributed by atoms with Crippen molar-refractivity contribution in [1.82, 2.24) is 4.31 Å². The van der Waals surface area contributed by atoms with E-state index in [1.807, 2.05) is 0 Å². The number of carbonyl (C=O) groups excluding carboxylic acids is 1. The zero-order valence-corrected chi connectivity index (χ0v) is 18.2. The Morgan fingerprint density at radius 1 is 1.09 bits per heavy atom. The summed E-state index contributed by atoms with van der Waals surface area (Å²) in [4.78, 5) is 12.4. The van der Waals surface area contributed by atoms with Crippen molar-refractivity contribution < 1.29 is 31.1 Å². The summed E-state index contributed by atoms with van der Waals surface area (Å²) in [6, 6.07) is 8.73. The molecule has 1 amide bonds. The van der Waals surface area contributed by atoms with Crippen molar-refractivity contribution in [3.05, 3.63) is 59.7 Å². The van der Waals surface area contributed by atoms with Crippen molar-refractivity contribution in [2.45, 2.75) is 30.3 Å². The van der Waals surface area contributed by atoms with Gasteiger partial charge in [0.05, 0.1) is 23.3 Å². The topological polar surface area (TPSA) is 75.7 Å². The van der Waals surface area contributed by atoms with Crippen LogP contribution in [0.1, 0.15) is 30.4 Å². The molecule has 1 aliphatic rings. The second-order valence-corrected chi connectivity index (χ2v) is 9.21. The first-order valence-corrected chi connectivity index (χ1v) is 11.4. The summed E-state index contributed by atoms with van der Waals surface area (Å²) in [5.74, 6) is -0.392. The molecule has 1 fully saturated rings. The van der Waals surface area contributed by atoms with Gasteiger partial charge in [0, 0.05) is 19.2 Å². The molecule has 1 aliphatic heterocycles. The highest BCUT2D eigenvalue weighted by atomic mass is 32.2. The predicted octanol–water partition coefficient (Wildman–Crippen LogP) is 4.54. The van der Waals surface area contributed by atoms with Gasteiger partial charge in [0.1, 0.15) is 5.75 Å². The molecule has 2 aromatic carbocycles. The van der Waals surface area contributed by atoms with Crippen LogP contribution in [0.4, 0.5) is 18.9 Å². The van der Waals surface area contributed by atoms with Crippen LogP contribution in [0.15, 0.2) is 53.4 Å². The Morgan fingerprint density at radius 3 is 2.47 bits per heavy atom. The van der Waals surface area contributed by atoms with Crippen LogP contribution in [0, 0.1) is 0 Å². The molecule has 32 heavy (non-hydrogen) atoms. The standard InChI is InChI=1S/C22H23F3N2O4S/c1-31-20-10-9-18(32(29,30)27-12-3-2-4-13-27)15-19(20)26-21(28)11-8-16-6-5-7-17(14-16)22(23,24)25/h5-11,14-15H,2-4,12-13H2,1H3,(H,26,28)/b11-8+. The van der Waals surface area contributed by atoms with Gasteiger partial charge in [0.15, 0.2) is 0 Å². The molecule has 3 rings (SSSR count). The van der Waals surface area contributed by atoms with E-state index in [1.165, 1.54) is 47.8 Å². The van der Waals surface area contributed by atoms with Gasteiger partial charge in [-0.1, -0.05) is 18.6 Å². The molecule has 0 atom stereocenters. The predicted molar refractivity (Wildman–Crippen MR) is 115 cm³/mol. The Labute approximate surface area is 184 Å². The van der Waals surface area contributed by atoms with E-state index in [4.69, 9.17) is 4.74 Å². The minimum absolute atomic E-state index is 0.0253. The van der Waals surface area contributed by atoms with E-state index in [0.717, 1.165) is 37.5 Å². The lowest BCUT2D eigenvalue weighted by Crippen LogP contribution is -2.35. The number of piperidine rings is 1. The number of ether oxygens (including phenoxy) is 1. The minimum Gasteiger partial charge on any atom is -0.495 e. The van der Waals surface area contributed by atoms with Crippen LogP contribution >= 0.6 is 0 Å². The Balaban J connectivity index is 1.79. The normalized spacial score (nSPS) is 15.6. The van der Waals surface area contributed by atoms with Crippen LogP contribution < -0.4 is 10.1 Å². The average molecular weight is 468 g/mol. The van der Waals surface area contributed by atoms with Crippen molar-refractivity contribution in [3.8, 4) is 5.75 Å². The van der Waals surface area contributed by atoms with Crippen LogP contribution in [-0.4, -0.2) is 38.8 Å². The molecule has 0 aromatic heterocycles. The van der Waals surface area contributed by atoms with E-state index < -0.39 is 27.7 Å². The minimum atomic E-state index is -4.49. The van der Waals surface area contributed by atoms with Gasteiger partial charge >= 0.3 is 6.18 Å². The third kappa shape index (κ3) is 5.68. The number of nitrogens with zero attached hydrogens (tertiary/aromatic N) is 1. The molecule has 0 radical (unpaired) electrons. The van der Waals surface area contributed by atoms with Crippen LogP contribution in [0.5, 0.6) is 5.75 Å². The average Bonchev–Trinajstić information content (AvgIpc) is 2.78. The maximum Gasteiger partial charge on any atom is 0.416 e. The Bertz CT molecular complexity index is 1110. The first-order valence-electron chi connectivity index (χ1n) is 9.96. The highest BCUT2D eigenvalue weighted by Gasteiger charge is 2.30. The molecule has 172 valence electrons. The van der Waals surface area contributed by atoms with E-state index in [-0.39, 0.29) is 21.9 Å². The first-order chi connectivity index (χ1) is 15.1. The van der Waals surface area contributed by atoms with Gasteiger partial charge in [0.2, 0.25) is 15.9 Å². The molecule has 10 heteroatoms. The monoisotopic (exact) mass is 468 g/mol. The van der Waals surface area contributed by atoms with Gasteiger partial charge in [-0.2, -0.15) is 17.5 Å². The van der Waals surface area contributed by atoms with E-state index in [1.54, 1.807) is 0 Å². The highest BCUT2D eigenvalue weighted by molar-refractivity contribution is 7.89. The zero-order chi connectivity index (χ0) is 23.4. The number of alkyl halides is 3. The van der Waals surface area contributed by atoms with Gasteiger partial charge in [-0.3, -0.25) is 4.79 Å². The van der Waals surface area contributed by atoms with Crippen LogP contribution in [0.3, 0.4) is 0 Å². The smallest absolute Gasteiger partial charge is 0.416 e. The van der Waals surface area contributed by atoms with Gasteiger partial charge in [-0.05, 0) is 54.8 Å². The summed E-state index contributed by atoms with van der Waals surface area (Å²) in [5.41, 5.74) is -0.481. The molecule has 0 saturated carbocycles. The number of halogens is 3. The molecular weight excluding hydrogens is 445 g/mol. The lowest BCUT2D eigenvalue weighted by atomic mass is 10.1. The Kier molecular flexibility index (Phi) is 7.25. The number of nitrogens with one attached hydrogen (secondary N) is 1. The number of hydrogen-bond acceptors (Lipinski definition) is 4. The first kappa shape index (κ1) is 23.8. The molecule has 2 aromatic rings. The van der Waals surface area contributed by atoms with Gasteiger partial charge in [0.25, 0.3) is 0 Å². The fourth-order valence-electron chi connectivity index (χ4n) is 3.36. The third-order valence-electron chi connectivity index (χ3n) is 5.02. The summed E-state index contributed by atoms with van der Waals surface area (Å²) in [5, 5.41) is 2.54. The summed E-state index contributed by atoms with van der Waals surface area (Å²) in [6.45, 7) is 0.881. The number of benzene rings is 2. The number of sulfonamides is 1. The molecule has 0 bridgehead atoms. The fraction of sp³-hybridized carbons (Fsp3) is 0.318. The largest absolute Gasteiger partial charge is 0.495 e. The second kappa shape index (κ2) is 9.74.